The Kier molecular flexibility index (Phi) is 3.22. The van der Waals surface area contributed by atoms with Crippen molar-refractivity contribution in [2.24, 2.45) is 5.73 Å². The van der Waals surface area contributed by atoms with Crippen LogP contribution in [0.1, 0.15) is 5.56 Å². The van der Waals surface area contributed by atoms with Gasteiger partial charge in [0.05, 0.1) is 0 Å². The zero-order valence-corrected chi connectivity index (χ0v) is 7.04. The van der Waals surface area contributed by atoms with Crippen LogP contribution >= 0.6 is 0 Å². The minimum atomic E-state index is -0.489. The molecule has 0 radical (unpaired) electrons. The van der Waals surface area contributed by atoms with Gasteiger partial charge in [0.1, 0.15) is 0 Å². The third kappa shape index (κ3) is 2.72. The van der Waals surface area contributed by atoms with Crippen molar-refractivity contribution in [3.8, 4) is 0 Å². The van der Waals surface area contributed by atoms with Gasteiger partial charge < -0.3 is 10.7 Å². The second kappa shape index (κ2) is 4.42. The highest BCUT2D eigenvalue weighted by molar-refractivity contribution is 5.08. The van der Waals surface area contributed by atoms with Crippen LogP contribution in [0, 0.1) is 0 Å². The van der Waals surface area contributed by atoms with Crippen LogP contribution in [0.4, 0.5) is 0 Å². The van der Waals surface area contributed by atoms with Crippen molar-refractivity contribution in [2.45, 2.75) is 6.42 Å². The van der Waals surface area contributed by atoms with Crippen LogP contribution in [0.15, 0.2) is 27.9 Å². The standard InChI is InChI=1S/C8H11N3O2/c9-4-2-1-3-6-5-10-8(13)11-7(6)12/h1-2,5H,3-4,9H2,(H2,10,11,12,13). The zero-order chi connectivity index (χ0) is 9.68. The van der Waals surface area contributed by atoms with Gasteiger partial charge in [-0.05, 0) is 6.42 Å². The SMILES string of the molecule is NCC=CCc1c[nH]c(=O)[nH]c1=O. The summed E-state index contributed by atoms with van der Waals surface area (Å²) in [6, 6.07) is 0. The Hall–Kier alpha value is -1.62. The molecule has 1 rings (SSSR count). The molecule has 0 amide bonds. The van der Waals surface area contributed by atoms with Gasteiger partial charge in [0, 0.05) is 18.3 Å². The summed E-state index contributed by atoms with van der Waals surface area (Å²) in [6.45, 7) is 0.446. The Labute approximate surface area is 74.3 Å². The smallest absolute Gasteiger partial charge is 0.325 e. The first-order chi connectivity index (χ1) is 6.24. The molecule has 0 aliphatic rings. The van der Waals surface area contributed by atoms with Crippen molar-refractivity contribution < 1.29 is 0 Å². The highest BCUT2D eigenvalue weighted by atomic mass is 16.2. The molecule has 0 fully saturated rings. The van der Waals surface area contributed by atoms with Gasteiger partial charge in [0.25, 0.3) is 5.56 Å². The van der Waals surface area contributed by atoms with E-state index in [-0.39, 0.29) is 5.56 Å². The number of H-pyrrole nitrogens is 2. The summed E-state index contributed by atoms with van der Waals surface area (Å²) in [7, 11) is 0. The van der Waals surface area contributed by atoms with Gasteiger partial charge in [0.2, 0.25) is 0 Å². The molecule has 0 spiro atoms. The third-order valence-electron chi connectivity index (χ3n) is 1.54. The molecule has 1 heterocycles. The number of rotatable bonds is 3. The Bertz CT molecular complexity index is 402. The second-order valence-corrected chi connectivity index (χ2v) is 2.51. The van der Waals surface area contributed by atoms with Crippen molar-refractivity contribution in [3.63, 3.8) is 0 Å². The van der Waals surface area contributed by atoms with Gasteiger partial charge in [-0.25, -0.2) is 4.79 Å². The van der Waals surface area contributed by atoms with E-state index < -0.39 is 5.69 Å². The fraction of sp³-hybridized carbons (Fsp3) is 0.250. The first kappa shape index (κ1) is 9.47. The van der Waals surface area contributed by atoms with Crippen LogP contribution in [0.2, 0.25) is 0 Å². The number of aromatic amines is 2. The summed E-state index contributed by atoms with van der Waals surface area (Å²) in [4.78, 5) is 26.2. The van der Waals surface area contributed by atoms with E-state index in [1.807, 2.05) is 0 Å². The summed E-state index contributed by atoms with van der Waals surface area (Å²) < 4.78 is 0. The van der Waals surface area contributed by atoms with E-state index in [1.165, 1.54) is 6.20 Å². The Balaban J connectivity index is 2.84. The minimum absolute atomic E-state index is 0.356. The molecule has 4 N–H and O–H groups in total. The Morgan fingerprint density at radius 1 is 1.38 bits per heavy atom. The van der Waals surface area contributed by atoms with Gasteiger partial charge >= 0.3 is 5.69 Å². The number of hydrogen-bond donors (Lipinski definition) is 3. The zero-order valence-electron chi connectivity index (χ0n) is 7.04. The van der Waals surface area contributed by atoms with Crippen molar-refractivity contribution in [3.05, 3.63) is 44.8 Å². The monoisotopic (exact) mass is 181 g/mol. The normalized spacial score (nSPS) is 10.8. The van der Waals surface area contributed by atoms with Gasteiger partial charge in [-0.15, -0.1) is 0 Å². The van der Waals surface area contributed by atoms with Crippen molar-refractivity contribution >= 4 is 0 Å². The summed E-state index contributed by atoms with van der Waals surface area (Å²) >= 11 is 0. The molecule has 0 aliphatic heterocycles. The quantitative estimate of drug-likeness (QED) is 0.529. The summed E-state index contributed by atoms with van der Waals surface area (Å²) in [6.07, 6.45) is 5.42. The van der Waals surface area contributed by atoms with Crippen LogP contribution in [0.25, 0.3) is 0 Å². The summed E-state index contributed by atoms with van der Waals surface area (Å²) in [5.74, 6) is 0. The second-order valence-electron chi connectivity index (χ2n) is 2.51. The molecular weight excluding hydrogens is 170 g/mol. The van der Waals surface area contributed by atoms with E-state index in [9.17, 15) is 9.59 Å². The lowest BCUT2D eigenvalue weighted by Crippen LogP contribution is -2.24. The molecule has 0 unspecified atom stereocenters. The molecule has 0 saturated carbocycles. The molecule has 0 bridgehead atoms. The summed E-state index contributed by atoms with van der Waals surface area (Å²) in [5, 5.41) is 0. The average Bonchev–Trinajstić information content (AvgIpc) is 2.09. The Morgan fingerprint density at radius 2 is 2.15 bits per heavy atom. The van der Waals surface area contributed by atoms with E-state index in [1.54, 1.807) is 12.2 Å². The van der Waals surface area contributed by atoms with Crippen molar-refractivity contribution in [1.82, 2.24) is 9.97 Å². The molecule has 1 aromatic rings. The molecule has 0 saturated heterocycles. The van der Waals surface area contributed by atoms with Crippen LogP contribution in [-0.2, 0) is 6.42 Å². The molecule has 5 heteroatoms. The van der Waals surface area contributed by atoms with Crippen molar-refractivity contribution in [2.75, 3.05) is 6.54 Å². The molecule has 0 aromatic carbocycles. The minimum Gasteiger partial charge on any atom is -0.327 e. The maximum atomic E-state index is 11.1. The van der Waals surface area contributed by atoms with E-state index >= 15 is 0 Å². The predicted molar refractivity (Wildman–Crippen MR) is 49.6 cm³/mol. The maximum absolute atomic E-state index is 11.1. The van der Waals surface area contributed by atoms with E-state index in [4.69, 9.17) is 5.73 Å². The lowest BCUT2D eigenvalue weighted by atomic mass is 10.2. The van der Waals surface area contributed by atoms with Gasteiger partial charge in [-0.1, -0.05) is 12.2 Å². The highest BCUT2D eigenvalue weighted by Gasteiger charge is 1.95. The maximum Gasteiger partial charge on any atom is 0.325 e. The van der Waals surface area contributed by atoms with Crippen LogP contribution < -0.4 is 17.0 Å². The Morgan fingerprint density at radius 3 is 2.77 bits per heavy atom. The van der Waals surface area contributed by atoms with Gasteiger partial charge in [0.15, 0.2) is 0 Å². The fourth-order valence-corrected chi connectivity index (χ4v) is 0.896. The largest absolute Gasteiger partial charge is 0.327 e. The lowest BCUT2D eigenvalue weighted by Gasteiger charge is -1.92. The van der Waals surface area contributed by atoms with Crippen LogP contribution in [0.3, 0.4) is 0 Å². The number of nitrogens with two attached hydrogens (primary N) is 1. The van der Waals surface area contributed by atoms with Crippen LogP contribution in [0.5, 0.6) is 0 Å². The van der Waals surface area contributed by atoms with E-state index in [0.29, 0.717) is 18.5 Å². The predicted octanol–water partition coefficient (Wildman–Crippen LogP) is -0.879. The number of aromatic nitrogens is 2. The van der Waals surface area contributed by atoms with Crippen LogP contribution in [-0.4, -0.2) is 16.5 Å². The topological polar surface area (TPSA) is 91.7 Å². The highest BCUT2D eigenvalue weighted by Crippen LogP contribution is 1.87. The van der Waals surface area contributed by atoms with E-state index in [2.05, 4.69) is 9.97 Å². The van der Waals surface area contributed by atoms with Gasteiger partial charge in [-0.3, -0.25) is 9.78 Å². The number of allylic oxidation sites excluding steroid dienone is 1. The number of hydrogen-bond acceptors (Lipinski definition) is 3. The molecule has 5 nitrogen and oxygen atoms in total. The first-order valence-electron chi connectivity index (χ1n) is 3.90. The molecule has 1 aromatic heterocycles. The average molecular weight is 181 g/mol. The first-order valence-corrected chi connectivity index (χ1v) is 3.90. The van der Waals surface area contributed by atoms with Gasteiger partial charge in [-0.2, -0.15) is 0 Å². The third-order valence-corrected chi connectivity index (χ3v) is 1.54. The lowest BCUT2D eigenvalue weighted by molar-refractivity contribution is 0.983. The van der Waals surface area contributed by atoms with Crippen molar-refractivity contribution in [1.29, 1.82) is 0 Å². The molecular formula is C8H11N3O2. The number of nitrogens with one attached hydrogen (secondary N) is 2. The molecule has 0 aliphatic carbocycles. The molecule has 0 atom stereocenters. The molecule has 70 valence electrons. The fourth-order valence-electron chi connectivity index (χ4n) is 0.896. The summed E-state index contributed by atoms with van der Waals surface area (Å²) in [5.41, 5.74) is 4.90. The van der Waals surface area contributed by atoms with E-state index in [0.717, 1.165) is 0 Å². The molecule has 13 heavy (non-hydrogen) atoms.